The first kappa shape index (κ1) is 21.7. The number of aliphatic hydroxyl groups is 1. The Hall–Kier alpha value is -0.560. The lowest BCUT2D eigenvalue weighted by atomic mass is 9.49. The second-order valence-corrected chi connectivity index (χ2v) is 12.6. The van der Waals surface area contributed by atoms with Crippen LogP contribution in [0.1, 0.15) is 106 Å². The van der Waals surface area contributed by atoms with Gasteiger partial charge in [-0.3, -0.25) is 0 Å². The van der Waals surface area contributed by atoms with E-state index in [0.717, 1.165) is 42.4 Å². The average molecular weight is 399 g/mol. The zero-order chi connectivity index (χ0) is 21.0. The van der Waals surface area contributed by atoms with Crippen LogP contribution in [0.4, 0.5) is 0 Å². The van der Waals surface area contributed by atoms with Crippen molar-refractivity contribution in [3.63, 3.8) is 0 Å². The minimum Gasteiger partial charge on any atom is -0.390 e. The molecule has 0 saturated heterocycles. The van der Waals surface area contributed by atoms with E-state index >= 15 is 0 Å². The van der Waals surface area contributed by atoms with Crippen LogP contribution in [0, 0.1) is 40.4 Å². The third kappa shape index (κ3) is 3.79. The Morgan fingerprint density at radius 1 is 1.07 bits per heavy atom. The molecule has 164 valence electrons. The quantitative estimate of drug-likeness (QED) is 0.503. The van der Waals surface area contributed by atoms with Gasteiger partial charge < -0.3 is 5.11 Å². The molecule has 3 fully saturated rings. The van der Waals surface area contributed by atoms with E-state index in [0.29, 0.717) is 10.8 Å². The summed E-state index contributed by atoms with van der Waals surface area (Å²) in [5.74, 6) is 4.15. The summed E-state index contributed by atoms with van der Waals surface area (Å²) in [5, 5.41) is 10.1. The molecule has 3 saturated carbocycles. The lowest BCUT2D eigenvalue weighted by Gasteiger charge is -2.55. The van der Waals surface area contributed by atoms with Crippen LogP contribution in [-0.2, 0) is 0 Å². The summed E-state index contributed by atoms with van der Waals surface area (Å²) in [7, 11) is 0. The van der Waals surface area contributed by atoms with Crippen LogP contribution in [0.2, 0.25) is 0 Å². The zero-order valence-electron chi connectivity index (χ0n) is 20.1. The van der Waals surface area contributed by atoms with Crippen LogP contribution >= 0.6 is 0 Å². The van der Waals surface area contributed by atoms with Gasteiger partial charge in [-0.1, -0.05) is 63.8 Å². The van der Waals surface area contributed by atoms with Crippen molar-refractivity contribution >= 4 is 0 Å². The maximum absolute atomic E-state index is 10.1. The maximum atomic E-state index is 10.1. The summed E-state index contributed by atoms with van der Waals surface area (Å²) in [5.41, 5.74) is 4.05. The molecule has 0 heterocycles. The summed E-state index contributed by atoms with van der Waals surface area (Å²) in [6.07, 6.45) is 18.4. The molecule has 0 radical (unpaired) electrons. The highest BCUT2D eigenvalue weighted by atomic mass is 16.3. The molecule has 1 nitrogen and oxygen atoms in total. The molecule has 0 amide bonds. The van der Waals surface area contributed by atoms with E-state index in [2.05, 4.69) is 39.8 Å². The van der Waals surface area contributed by atoms with Gasteiger partial charge in [0.25, 0.3) is 0 Å². The predicted octanol–water partition coefficient (Wildman–Crippen LogP) is 7.70. The molecule has 0 aliphatic heterocycles. The number of hydrogen-bond donors (Lipinski definition) is 1. The van der Waals surface area contributed by atoms with Crippen LogP contribution in [0.3, 0.4) is 0 Å². The van der Waals surface area contributed by atoms with E-state index in [1.54, 1.807) is 5.57 Å². The largest absolute Gasteiger partial charge is 0.390 e. The summed E-state index contributed by atoms with van der Waals surface area (Å²) in [6.45, 7) is 14.1. The van der Waals surface area contributed by atoms with Crippen molar-refractivity contribution in [2.75, 3.05) is 0 Å². The molecular weight excluding hydrogens is 352 g/mol. The smallest absolute Gasteiger partial charge is 0.0591 e. The van der Waals surface area contributed by atoms with Gasteiger partial charge in [0.15, 0.2) is 0 Å². The molecule has 4 aliphatic carbocycles. The predicted molar refractivity (Wildman–Crippen MR) is 124 cm³/mol. The first-order valence-electron chi connectivity index (χ1n) is 12.7. The second-order valence-electron chi connectivity index (χ2n) is 12.6. The minimum atomic E-state index is -0.510. The number of allylic oxidation sites excluding steroid dienone is 4. The Morgan fingerprint density at radius 3 is 2.55 bits per heavy atom. The van der Waals surface area contributed by atoms with Gasteiger partial charge in [-0.05, 0) is 106 Å². The molecule has 4 rings (SSSR count). The molecule has 2 unspecified atom stereocenters. The molecule has 0 aromatic heterocycles. The van der Waals surface area contributed by atoms with Gasteiger partial charge in [-0.2, -0.15) is 0 Å². The van der Waals surface area contributed by atoms with E-state index in [1.165, 1.54) is 51.4 Å². The van der Waals surface area contributed by atoms with Crippen molar-refractivity contribution < 1.29 is 5.11 Å². The fourth-order valence-electron chi connectivity index (χ4n) is 8.22. The standard InChI is InChI=1S/C28H46O/c1-19-13-16-27(5)21(18-19)9-10-22-24-12-11-23(28(24,6)17-14-25(22)27)20(2)8-7-15-26(3,4)29/h9-10,19-20,23-25,29H,7-8,11-18H2,1-6H3/t19-,20+,23+,24?,25?,27-,28+/m0/s1. The minimum absolute atomic E-state index is 0.453. The highest BCUT2D eigenvalue weighted by Crippen LogP contribution is 2.66. The maximum Gasteiger partial charge on any atom is 0.0591 e. The normalized spacial score (nSPS) is 43.0. The fraction of sp³-hybridized carbons (Fsp3) is 0.857. The van der Waals surface area contributed by atoms with Crippen molar-refractivity contribution in [2.45, 2.75) is 111 Å². The van der Waals surface area contributed by atoms with Gasteiger partial charge in [0.1, 0.15) is 0 Å². The van der Waals surface area contributed by atoms with Gasteiger partial charge >= 0.3 is 0 Å². The highest BCUT2D eigenvalue weighted by Gasteiger charge is 2.56. The molecule has 0 spiro atoms. The summed E-state index contributed by atoms with van der Waals surface area (Å²) in [4.78, 5) is 0. The highest BCUT2D eigenvalue weighted by molar-refractivity contribution is 5.38. The second kappa shape index (κ2) is 7.54. The third-order valence-electron chi connectivity index (χ3n) is 10.0. The summed E-state index contributed by atoms with van der Waals surface area (Å²) < 4.78 is 0. The van der Waals surface area contributed by atoms with Crippen LogP contribution in [0.5, 0.6) is 0 Å². The molecule has 1 N–H and O–H groups in total. The van der Waals surface area contributed by atoms with Crippen LogP contribution in [0.15, 0.2) is 23.3 Å². The molecule has 0 aromatic rings. The molecule has 7 atom stereocenters. The molecule has 0 bridgehead atoms. The molecular formula is C28H46O. The number of hydrogen-bond acceptors (Lipinski definition) is 1. The van der Waals surface area contributed by atoms with Gasteiger partial charge in [-0.15, -0.1) is 0 Å². The first-order chi connectivity index (χ1) is 13.5. The van der Waals surface area contributed by atoms with Crippen molar-refractivity contribution in [2.24, 2.45) is 40.4 Å². The number of fused-ring (bicyclic) bond motifs is 5. The lowest BCUT2D eigenvalue weighted by Crippen LogP contribution is -2.46. The van der Waals surface area contributed by atoms with E-state index in [4.69, 9.17) is 0 Å². The average Bonchev–Trinajstić information content (AvgIpc) is 2.98. The van der Waals surface area contributed by atoms with E-state index in [-0.39, 0.29) is 0 Å². The molecule has 1 heteroatoms. The van der Waals surface area contributed by atoms with Gasteiger partial charge in [-0.25, -0.2) is 0 Å². The Morgan fingerprint density at radius 2 is 1.83 bits per heavy atom. The monoisotopic (exact) mass is 398 g/mol. The fourth-order valence-corrected chi connectivity index (χ4v) is 8.22. The number of rotatable bonds is 5. The van der Waals surface area contributed by atoms with Crippen molar-refractivity contribution in [1.82, 2.24) is 0 Å². The van der Waals surface area contributed by atoms with Crippen LogP contribution < -0.4 is 0 Å². The van der Waals surface area contributed by atoms with Crippen molar-refractivity contribution in [3.8, 4) is 0 Å². The van der Waals surface area contributed by atoms with Crippen LogP contribution in [-0.4, -0.2) is 10.7 Å². The van der Waals surface area contributed by atoms with E-state index in [1.807, 2.05) is 19.4 Å². The topological polar surface area (TPSA) is 20.2 Å². The van der Waals surface area contributed by atoms with Gasteiger partial charge in [0.05, 0.1) is 5.60 Å². The van der Waals surface area contributed by atoms with Gasteiger partial charge in [0.2, 0.25) is 0 Å². The van der Waals surface area contributed by atoms with Crippen molar-refractivity contribution in [1.29, 1.82) is 0 Å². The van der Waals surface area contributed by atoms with Crippen molar-refractivity contribution in [3.05, 3.63) is 23.3 Å². The Bertz CT molecular complexity index is 679. The first-order valence-corrected chi connectivity index (χ1v) is 12.7. The Kier molecular flexibility index (Phi) is 5.63. The van der Waals surface area contributed by atoms with E-state index < -0.39 is 5.60 Å². The van der Waals surface area contributed by atoms with Gasteiger partial charge in [0, 0.05) is 0 Å². The molecule has 0 aromatic carbocycles. The zero-order valence-corrected chi connectivity index (χ0v) is 20.1. The summed E-state index contributed by atoms with van der Waals surface area (Å²) in [6, 6.07) is 0. The van der Waals surface area contributed by atoms with E-state index in [9.17, 15) is 5.11 Å². The summed E-state index contributed by atoms with van der Waals surface area (Å²) >= 11 is 0. The Balaban J connectivity index is 1.51. The SMILES string of the molecule is C[C@H]1CC[C@@]2(C)C(=CC=C3C2CC[C@@]2(C)C3CC[C@@H]2[C@H](C)CCCC(C)(C)O)C1. The Labute approximate surface area is 180 Å². The molecule has 29 heavy (non-hydrogen) atoms. The van der Waals surface area contributed by atoms with Crippen LogP contribution in [0.25, 0.3) is 0 Å². The lowest BCUT2D eigenvalue weighted by molar-refractivity contribution is 0.0399. The molecule has 4 aliphatic rings. The third-order valence-corrected chi connectivity index (χ3v) is 10.0.